The van der Waals surface area contributed by atoms with E-state index in [0.29, 0.717) is 41.7 Å². The molecule has 0 bridgehead atoms. The molecule has 2 N–H and O–H groups in total. The van der Waals surface area contributed by atoms with Crippen molar-refractivity contribution in [3.8, 4) is 0 Å². The first-order valence-corrected chi connectivity index (χ1v) is 19.7. The highest BCUT2D eigenvalue weighted by Gasteiger charge is 2.70. The Morgan fingerprint density at radius 2 is 1.60 bits per heavy atom. The van der Waals surface area contributed by atoms with Crippen LogP contribution >= 0.6 is 0 Å². The van der Waals surface area contributed by atoms with Crippen molar-refractivity contribution in [3.63, 3.8) is 0 Å². The maximum atomic E-state index is 13.6. The molecule has 5 fully saturated rings. The Hall–Kier alpha value is -2.89. The topological polar surface area (TPSA) is 86.7 Å². The van der Waals surface area contributed by atoms with Gasteiger partial charge in [0.25, 0.3) is 0 Å². The molecule has 1 aromatic rings. The predicted octanol–water partition coefficient (Wildman–Crippen LogP) is 9.16. The van der Waals surface area contributed by atoms with E-state index in [1.54, 1.807) is 24.0 Å². The lowest BCUT2D eigenvalue weighted by Crippen LogP contribution is -2.66. The van der Waals surface area contributed by atoms with Crippen LogP contribution in [0.3, 0.4) is 0 Å². The van der Waals surface area contributed by atoms with Crippen LogP contribution in [0.1, 0.15) is 135 Å². The van der Waals surface area contributed by atoms with Crippen LogP contribution in [-0.2, 0) is 9.59 Å². The quantitative estimate of drug-likeness (QED) is 0.293. The number of carboxylic acids is 1. The lowest BCUT2D eigenvalue weighted by atomic mass is 9.32. The van der Waals surface area contributed by atoms with E-state index in [9.17, 15) is 19.5 Å². The smallest absolute Gasteiger partial charge is 0.335 e. The molecule has 1 unspecified atom stereocenters. The van der Waals surface area contributed by atoms with Crippen LogP contribution in [-0.4, -0.2) is 46.9 Å². The fraction of sp³-hybridized carbons (Fsp3) is 0.705. The van der Waals surface area contributed by atoms with Crippen LogP contribution in [0.15, 0.2) is 42.5 Å². The summed E-state index contributed by atoms with van der Waals surface area (Å²) >= 11 is 0. The summed E-state index contributed by atoms with van der Waals surface area (Å²) in [4.78, 5) is 39.2. The number of amides is 2. The number of likely N-dealkylation sites (tertiary alicyclic amines) is 1. The molecule has 50 heavy (non-hydrogen) atoms. The third kappa shape index (κ3) is 5.03. The Balaban J connectivity index is 1.17. The van der Waals surface area contributed by atoms with Gasteiger partial charge >= 0.3 is 5.97 Å². The molecule has 4 saturated carbocycles. The minimum Gasteiger partial charge on any atom is -0.478 e. The second-order valence-electron chi connectivity index (χ2n) is 19.1. The molecular weight excluding hydrogens is 620 g/mol. The minimum absolute atomic E-state index is 0.00576. The summed E-state index contributed by atoms with van der Waals surface area (Å²) in [5.74, 6) is 2.00. The number of carbonyl (C=O) groups excluding carboxylic acids is 2. The van der Waals surface area contributed by atoms with Crippen molar-refractivity contribution in [2.24, 2.45) is 56.7 Å². The molecule has 0 radical (unpaired) electrons. The van der Waals surface area contributed by atoms with Gasteiger partial charge in [-0.1, -0.05) is 65.0 Å². The zero-order chi connectivity index (χ0) is 36.0. The summed E-state index contributed by atoms with van der Waals surface area (Å²) in [5, 5.41) is 12.9. The SMILES string of the molecule is C=C(C)[C@@H]1CC[C@]2(CNC(=O)C3CCCN3C(C)=O)CC[C@]3(C)[C@H](CC[C@@H]4[C@@]5(C)CC=C(c6ccc(C(=O)O)cc6)C(C)(C)[C@@H]5CC[C@]43C)[C@@H]12. The lowest BCUT2D eigenvalue weighted by molar-refractivity contribution is -0.225. The number of aromatic carboxylic acids is 1. The number of hydrogen-bond donors (Lipinski definition) is 2. The van der Waals surface area contributed by atoms with Crippen molar-refractivity contribution < 1.29 is 19.5 Å². The van der Waals surface area contributed by atoms with Crippen LogP contribution in [0.2, 0.25) is 0 Å². The van der Waals surface area contributed by atoms with E-state index in [0.717, 1.165) is 44.2 Å². The monoisotopic (exact) mass is 682 g/mol. The van der Waals surface area contributed by atoms with Crippen LogP contribution < -0.4 is 5.32 Å². The summed E-state index contributed by atoms with van der Waals surface area (Å²) in [6.07, 6.45) is 14.9. The predicted molar refractivity (Wildman–Crippen MR) is 199 cm³/mol. The third-order valence-corrected chi connectivity index (χ3v) is 16.8. The molecule has 6 nitrogen and oxygen atoms in total. The average Bonchev–Trinajstić information content (AvgIpc) is 3.70. The molecular formula is C44H62N2O4. The Labute approximate surface area is 300 Å². The number of carboxylic acid groups (broad SMARTS) is 1. The normalized spacial score (nSPS) is 41.6. The number of hydrogen-bond acceptors (Lipinski definition) is 3. The van der Waals surface area contributed by atoms with Gasteiger partial charge in [0.1, 0.15) is 6.04 Å². The van der Waals surface area contributed by atoms with Gasteiger partial charge in [0.15, 0.2) is 0 Å². The highest BCUT2D eigenvalue weighted by Crippen LogP contribution is 2.77. The Kier molecular flexibility index (Phi) is 8.58. The van der Waals surface area contributed by atoms with Crippen molar-refractivity contribution in [1.29, 1.82) is 0 Å². The number of nitrogens with zero attached hydrogens (tertiary/aromatic N) is 1. The molecule has 6 heteroatoms. The second-order valence-corrected chi connectivity index (χ2v) is 19.1. The molecule has 1 aromatic carbocycles. The van der Waals surface area contributed by atoms with Crippen molar-refractivity contribution in [1.82, 2.24) is 10.2 Å². The molecule has 5 aliphatic carbocycles. The first-order valence-electron chi connectivity index (χ1n) is 19.7. The molecule has 7 rings (SSSR count). The highest BCUT2D eigenvalue weighted by atomic mass is 16.4. The van der Waals surface area contributed by atoms with Crippen molar-refractivity contribution in [2.75, 3.05) is 13.1 Å². The molecule has 1 aliphatic heterocycles. The van der Waals surface area contributed by atoms with Gasteiger partial charge in [-0.3, -0.25) is 9.59 Å². The summed E-state index contributed by atoms with van der Waals surface area (Å²) in [7, 11) is 0. The van der Waals surface area contributed by atoms with E-state index in [4.69, 9.17) is 0 Å². The van der Waals surface area contributed by atoms with Gasteiger partial charge in [0.2, 0.25) is 11.8 Å². The summed E-state index contributed by atoms with van der Waals surface area (Å²) in [6.45, 7) is 22.7. The van der Waals surface area contributed by atoms with E-state index >= 15 is 0 Å². The van der Waals surface area contributed by atoms with Gasteiger partial charge < -0.3 is 15.3 Å². The van der Waals surface area contributed by atoms with Crippen LogP contribution in [0.5, 0.6) is 0 Å². The van der Waals surface area contributed by atoms with Crippen molar-refractivity contribution in [3.05, 3.63) is 53.6 Å². The molecule has 1 heterocycles. The number of allylic oxidation sites excluding steroid dienone is 3. The maximum Gasteiger partial charge on any atom is 0.335 e. The van der Waals surface area contributed by atoms with Crippen LogP contribution in [0, 0.1) is 56.7 Å². The van der Waals surface area contributed by atoms with E-state index in [-0.39, 0.29) is 44.9 Å². The largest absolute Gasteiger partial charge is 0.478 e. The van der Waals surface area contributed by atoms with Crippen LogP contribution in [0.4, 0.5) is 0 Å². The Morgan fingerprint density at radius 1 is 0.880 bits per heavy atom. The first kappa shape index (κ1) is 35.5. The zero-order valence-corrected chi connectivity index (χ0v) is 31.9. The van der Waals surface area contributed by atoms with Gasteiger partial charge in [-0.05, 0) is 157 Å². The fourth-order valence-corrected chi connectivity index (χ4v) is 14.3. The molecule has 6 aliphatic rings. The Bertz CT molecular complexity index is 1610. The van der Waals surface area contributed by atoms with Gasteiger partial charge in [0, 0.05) is 20.0 Å². The van der Waals surface area contributed by atoms with E-state index in [2.05, 4.69) is 59.5 Å². The van der Waals surface area contributed by atoms with Gasteiger partial charge in [0.05, 0.1) is 5.56 Å². The molecule has 2 amide bonds. The molecule has 10 atom stereocenters. The molecule has 0 aromatic heterocycles. The van der Waals surface area contributed by atoms with E-state index < -0.39 is 5.97 Å². The van der Waals surface area contributed by atoms with Crippen molar-refractivity contribution in [2.45, 2.75) is 125 Å². The summed E-state index contributed by atoms with van der Waals surface area (Å²) in [5.41, 5.74) is 4.93. The number of fused-ring (bicyclic) bond motifs is 7. The number of benzene rings is 1. The fourth-order valence-electron chi connectivity index (χ4n) is 14.3. The van der Waals surface area contributed by atoms with E-state index in [1.165, 1.54) is 49.7 Å². The molecule has 272 valence electrons. The van der Waals surface area contributed by atoms with Gasteiger partial charge in [-0.25, -0.2) is 4.79 Å². The lowest BCUT2D eigenvalue weighted by Gasteiger charge is -2.72. The number of nitrogens with one attached hydrogen (secondary N) is 1. The highest BCUT2D eigenvalue weighted by molar-refractivity contribution is 5.88. The zero-order valence-electron chi connectivity index (χ0n) is 31.9. The Morgan fingerprint density at radius 3 is 2.26 bits per heavy atom. The maximum absolute atomic E-state index is 13.6. The molecule has 0 spiro atoms. The first-order chi connectivity index (χ1) is 23.5. The molecule has 1 saturated heterocycles. The number of rotatable bonds is 6. The van der Waals surface area contributed by atoms with Gasteiger partial charge in [-0.2, -0.15) is 0 Å². The summed E-state index contributed by atoms with van der Waals surface area (Å²) in [6, 6.07) is 7.23. The van der Waals surface area contributed by atoms with Crippen LogP contribution in [0.25, 0.3) is 5.57 Å². The average molecular weight is 683 g/mol. The standard InChI is InChI=1S/C44H62N2O4/c1-27(2)31-17-22-44(26-45-38(48)34-10-9-25-46(34)28(3)47)24-23-42(7)33(37(31)44)15-16-36-41(6)20-18-32(29-11-13-30(14-12-29)39(49)50)40(4,5)35(41)19-21-43(36,42)8/h11-14,18,31,33-37H,1,9-10,15-17,19-26H2,2-8H3,(H,45,48)(H,49,50)/t31-,33+,34?,35-,36+,37+,41-,42+,43+,44+/m0/s1. The third-order valence-electron chi connectivity index (χ3n) is 16.8. The second kappa shape index (κ2) is 12.1. The minimum atomic E-state index is -0.876. The van der Waals surface area contributed by atoms with Gasteiger partial charge in [-0.15, -0.1) is 0 Å². The number of carbonyl (C=O) groups is 3. The van der Waals surface area contributed by atoms with Crippen molar-refractivity contribution >= 4 is 23.4 Å². The summed E-state index contributed by atoms with van der Waals surface area (Å²) < 4.78 is 0. The van der Waals surface area contributed by atoms with E-state index in [1.807, 2.05) is 12.1 Å².